The predicted molar refractivity (Wildman–Crippen MR) is 79.5 cm³/mol. The molecule has 100 valence electrons. The molecule has 1 aliphatic rings. The Bertz CT molecular complexity index is 411. The zero-order chi connectivity index (χ0) is 13.2. The van der Waals surface area contributed by atoms with Gasteiger partial charge in [-0.25, -0.2) is 0 Å². The van der Waals surface area contributed by atoms with Gasteiger partial charge < -0.3 is 4.74 Å². The van der Waals surface area contributed by atoms with Crippen LogP contribution < -0.4 is 0 Å². The van der Waals surface area contributed by atoms with Gasteiger partial charge in [-0.05, 0) is 25.5 Å². The van der Waals surface area contributed by atoms with Gasteiger partial charge in [0.25, 0.3) is 0 Å². The fraction of sp³-hybridized carbons (Fsp3) is 0.571. The second-order valence-electron chi connectivity index (χ2n) is 5.41. The molecular formula is C14H19BrClNO. The second kappa shape index (κ2) is 5.91. The van der Waals surface area contributed by atoms with E-state index >= 15 is 0 Å². The van der Waals surface area contributed by atoms with Crippen LogP contribution in [0.4, 0.5) is 0 Å². The molecule has 2 nitrogen and oxygen atoms in total. The molecule has 1 unspecified atom stereocenters. The van der Waals surface area contributed by atoms with E-state index in [-0.39, 0.29) is 11.7 Å². The quantitative estimate of drug-likeness (QED) is 0.782. The molecule has 1 aromatic rings. The van der Waals surface area contributed by atoms with Crippen molar-refractivity contribution in [2.24, 2.45) is 0 Å². The third-order valence-electron chi connectivity index (χ3n) is 3.08. The van der Waals surface area contributed by atoms with E-state index in [4.69, 9.17) is 16.3 Å². The van der Waals surface area contributed by atoms with Crippen LogP contribution in [0.3, 0.4) is 0 Å². The molecule has 0 amide bonds. The van der Waals surface area contributed by atoms with Gasteiger partial charge in [0.05, 0.1) is 11.7 Å². The molecule has 1 fully saturated rings. The van der Waals surface area contributed by atoms with Gasteiger partial charge >= 0.3 is 0 Å². The van der Waals surface area contributed by atoms with Crippen LogP contribution in [-0.2, 0) is 11.3 Å². The molecule has 4 heteroatoms. The zero-order valence-corrected chi connectivity index (χ0v) is 13.2. The highest BCUT2D eigenvalue weighted by Crippen LogP contribution is 2.25. The van der Waals surface area contributed by atoms with Crippen LogP contribution in [0.25, 0.3) is 0 Å². The molecule has 0 aliphatic carbocycles. The highest BCUT2D eigenvalue weighted by molar-refractivity contribution is 9.09. The maximum atomic E-state index is 6.22. The van der Waals surface area contributed by atoms with Crippen molar-refractivity contribution in [3.8, 4) is 0 Å². The molecule has 0 saturated carbocycles. The Hall–Kier alpha value is -0.0900. The first kappa shape index (κ1) is 14.3. The smallest absolute Gasteiger partial charge is 0.0806 e. The summed E-state index contributed by atoms with van der Waals surface area (Å²) in [5.41, 5.74) is 1.09. The molecule has 1 aromatic carbocycles. The summed E-state index contributed by atoms with van der Waals surface area (Å²) in [6.45, 7) is 7.04. The van der Waals surface area contributed by atoms with Crippen LogP contribution in [0.15, 0.2) is 24.3 Å². The number of rotatable bonds is 3. The first-order chi connectivity index (χ1) is 8.50. The van der Waals surface area contributed by atoms with E-state index in [2.05, 4.69) is 40.7 Å². The molecule has 1 aliphatic heterocycles. The molecule has 2 rings (SSSR count). The third kappa shape index (κ3) is 3.70. The summed E-state index contributed by atoms with van der Waals surface area (Å²) in [6, 6.07) is 8.05. The van der Waals surface area contributed by atoms with Crippen LogP contribution in [0.5, 0.6) is 0 Å². The minimum absolute atomic E-state index is 0.0993. The van der Waals surface area contributed by atoms with Crippen LogP contribution >= 0.6 is 27.5 Å². The van der Waals surface area contributed by atoms with Crippen molar-refractivity contribution in [1.29, 1.82) is 0 Å². The van der Waals surface area contributed by atoms with E-state index in [1.54, 1.807) is 0 Å². The van der Waals surface area contributed by atoms with E-state index in [0.717, 1.165) is 30.0 Å². The molecule has 0 N–H and O–H groups in total. The normalized spacial score (nSPS) is 24.1. The monoisotopic (exact) mass is 331 g/mol. The number of ether oxygens (including phenoxy) is 1. The van der Waals surface area contributed by atoms with Crippen molar-refractivity contribution in [1.82, 2.24) is 4.90 Å². The number of benzene rings is 1. The summed E-state index contributed by atoms with van der Waals surface area (Å²) in [5, 5.41) is 1.72. The van der Waals surface area contributed by atoms with Crippen molar-refractivity contribution in [2.75, 3.05) is 18.4 Å². The predicted octanol–water partition coefficient (Wildman–Crippen LogP) is 3.71. The fourth-order valence-corrected chi connectivity index (χ4v) is 3.02. The minimum Gasteiger partial charge on any atom is -0.369 e. The Labute approximate surface area is 122 Å². The summed E-state index contributed by atoms with van der Waals surface area (Å²) < 4.78 is 6.00. The van der Waals surface area contributed by atoms with Crippen molar-refractivity contribution in [2.45, 2.75) is 32.1 Å². The fourth-order valence-electron chi connectivity index (χ4n) is 2.49. The summed E-state index contributed by atoms with van der Waals surface area (Å²) in [7, 11) is 0. The molecule has 18 heavy (non-hydrogen) atoms. The van der Waals surface area contributed by atoms with E-state index < -0.39 is 0 Å². The van der Waals surface area contributed by atoms with Crippen molar-refractivity contribution in [3.63, 3.8) is 0 Å². The Morgan fingerprint density at radius 3 is 2.83 bits per heavy atom. The maximum absolute atomic E-state index is 6.22. The molecule has 1 saturated heterocycles. The van der Waals surface area contributed by atoms with Gasteiger partial charge in [-0.2, -0.15) is 0 Å². The van der Waals surface area contributed by atoms with Gasteiger partial charge in [-0.3, -0.25) is 4.90 Å². The lowest BCUT2D eigenvalue weighted by Crippen LogP contribution is -2.52. The van der Waals surface area contributed by atoms with E-state index in [1.165, 1.54) is 5.56 Å². The number of alkyl halides is 1. The van der Waals surface area contributed by atoms with Crippen LogP contribution in [0.2, 0.25) is 5.02 Å². The van der Waals surface area contributed by atoms with E-state index in [9.17, 15) is 0 Å². The molecule has 1 atom stereocenters. The molecule has 0 radical (unpaired) electrons. The first-order valence-electron chi connectivity index (χ1n) is 6.20. The lowest BCUT2D eigenvalue weighted by Gasteiger charge is -2.42. The minimum atomic E-state index is -0.0993. The highest BCUT2D eigenvalue weighted by Gasteiger charge is 2.32. The van der Waals surface area contributed by atoms with Gasteiger partial charge in [0.2, 0.25) is 0 Å². The summed E-state index contributed by atoms with van der Waals surface area (Å²) >= 11 is 9.73. The van der Waals surface area contributed by atoms with Crippen molar-refractivity contribution < 1.29 is 4.74 Å². The van der Waals surface area contributed by atoms with Crippen molar-refractivity contribution in [3.05, 3.63) is 34.9 Å². The summed E-state index contributed by atoms with van der Waals surface area (Å²) in [4.78, 5) is 2.41. The number of nitrogens with zero attached hydrogens (tertiary/aromatic N) is 1. The Balaban J connectivity index is 2.07. The van der Waals surface area contributed by atoms with Gasteiger partial charge in [0.15, 0.2) is 0 Å². The third-order valence-corrected chi connectivity index (χ3v) is 4.17. The largest absolute Gasteiger partial charge is 0.369 e. The maximum Gasteiger partial charge on any atom is 0.0806 e. The number of hydrogen-bond donors (Lipinski definition) is 0. The van der Waals surface area contributed by atoms with Gasteiger partial charge in [-0.15, -0.1) is 0 Å². The average molecular weight is 333 g/mol. The molecule has 0 aromatic heterocycles. The average Bonchev–Trinajstić information content (AvgIpc) is 2.30. The Kier molecular flexibility index (Phi) is 4.70. The summed E-state index contributed by atoms with van der Waals surface area (Å²) in [6.07, 6.45) is 0.247. The number of halogens is 2. The number of hydrogen-bond acceptors (Lipinski definition) is 2. The molecule has 0 bridgehead atoms. The van der Waals surface area contributed by atoms with Crippen LogP contribution in [-0.4, -0.2) is 35.0 Å². The molecule has 0 spiro atoms. The second-order valence-corrected chi connectivity index (χ2v) is 6.47. The standard InChI is InChI=1S/C14H19BrClNO/c1-14(2)10-17(9-12(7-15)18-14)8-11-5-3-4-6-13(11)16/h3-6,12H,7-10H2,1-2H3. The number of morpholine rings is 1. The zero-order valence-electron chi connectivity index (χ0n) is 10.8. The summed E-state index contributed by atoms with van der Waals surface area (Å²) in [5.74, 6) is 0. The van der Waals surface area contributed by atoms with Crippen LogP contribution in [0, 0.1) is 0 Å². The van der Waals surface area contributed by atoms with E-state index in [1.807, 2.05) is 18.2 Å². The lowest BCUT2D eigenvalue weighted by atomic mass is 10.0. The lowest BCUT2D eigenvalue weighted by molar-refractivity contribution is -0.128. The van der Waals surface area contributed by atoms with Gasteiger partial charge in [0.1, 0.15) is 0 Å². The first-order valence-corrected chi connectivity index (χ1v) is 7.70. The van der Waals surface area contributed by atoms with Gasteiger partial charge in [0, 0.05) is 30.0 Å². The molecular weight excluding hydrogens is 314 g/mol. The Morgan fingerprint density at radius 2 is 2.17 bits per heavy atom. The topological polar surface area (TPSA) is 12.5 Å². The molecule has 1 heterocycles. The highest BCUT2D eigenvalue weighted by atomic mass is 79.9. The van der Waals surface area contributed by atoms with Crippen LogP contribution in [0.1, 0.15) is 19.4 Å². The SMILES string of the molecule is CC1(C)CN(Cc2ccccc2Cl)CC(CBr)O1. The van der Waals surface area contributed by atoms with Crippen molar-refractivity contribution >= 4 is 27.5 Å². The Morgan fingerprint density at radius 1 is 1.44 bits per heavy atom. The van der Waals surface area contributed by atoms with Gasteiger partial charge in [-0.1, -0.05) is 45.7 Å². The van der Waals surface area contributed by atoms with E-state index in [0.29, 0.717) is 0 Å².